The molecule has 3 nitrogen and oxygen atoms in total. The number of fused-ring (bicyclic) bond motifs is 1. The predicted octanol–water partition coefficient (Wildman–Crippen LogP) is 3.19. The van der Waals surface area contributed by atoms with Crippen LogP contribution in [0.25, 0.3) is 5.65 Å². The third-order valence-electron chi connectivity index (χ3n) is 2.39. The summed E-state index contributed by atoms with van der Waals surface area (Å²) in [6.07, 6.45) is -1.98. The lowest BCUT2D eigenvalue weighted by Crippen LogP contribution is -1.97. The van der Waals surface area contributed by atoms with Crippen molar-refractivity contribution in [2.45, 2.75) is 26.7 Å². The molecule has 0 amide bonds. The summed E-state index contributed by atoms with van der Waals surface area (Å²) in [6, 6.07) is 1.85. The molecule has 0 fully saturated rings. The van der Waals surface area contributed by atoms with Gasteiger partial charge in [0, 0.05) is 0 Å². The summed E-state index contributed by atoms with van der Waals surface area (Å²) in [5, 5.41) is 4.03. The Bertz CT molecular complexity index is 536. The van der Waals surface area contributed by atoms with Crippen molar-refractivity contribution in [3.8, 4) is 0 Å². The van der Waals surface area contributed by atoms with Gasteiger partial charge in [-0.3, -0.25) is 0 Å². The van der Waals surface area contributed by atoms with E-state index in [2.05, 4.69) is 10.1 Å². The van der Waals surface area contributed by atoms with Crippen LogP contribution in [0.3, 0.4) is 0 Å². The molecular formula is C10H10ClF2N3. The summed E-state index contributed by atoms with van der Waals surface area (Å²) < 4.78 is 26.3. The SMILES string of the molecule is CCc1cc(C)c(Cl)n2nc(C(F)F)nc12. The number of rotatable bonds is 2. The number of pyridine rings is 1. The summed E-state index contributed by atoms with van der Waals surface area (Å²) in [6.45, 7) is 3.74. The van der Waals surface area contributed by atoms with E-state index in [0.29, 0.717) is 17.2 Å². The molecule has 16 heavy (non-hydrogen) atoms. The van der Waals surface area contributed by atoms with E-state index in [1.807, 2.05) is 19.9 Å². The Balaban J connectivity index is 2.78. The maximum Gasteiger partial charge on any atom is 0.299 e. The Morgan fingerprint density at radius 2 is 2.19 bits per heavy atom. The largest absolute Gasteiger partial charge is 0.299 e. The van der Waals surface area contributed by atoms with E-state index in [9.17, 15) is 8.78 Å². The molecule has 0 saturated carbocycles. The highest BCUT2D eigenvalue weighted by molar-refractivity contribution is 6.30. The van der Waals surface area contributed by atoms with Gasteiger partial charge in [0.05, 0.1) is 0 Å². The zero-order valence-electron chi connectivity index (χ0n) is 8.84. The lowest BCUT2D eigenvalue weighted by molar-refractivity contribution is 0.140. The topological polar surface area (TPSA) is 30.2 Å². The third kappa shape index (κ3) is 1.65. The predicted molar refractivity (Wildman–Crippen MR) is 57.1 cm³/mol. The van der Waals surface area contributed by atoms with Gasteiger partial charge in [-0.2, -0.15) is 0 Å². The van der Waals surface area contributed by atoms with Gasteiger partial charge in [0.25, 0.3) is 6.43 Å². The first kappa shape index (κ1) is 11.3. The van der Waals surface area contributed by atoms with Crippen molar-refractivity contribution in [3.05, 3.63) is 28.2 Å². The Morgan fingerprint density at radius 1 is 1.50 bits per heavy atom. The highest BCUT2D eigenvalue weighted by Gasteiger charge is 2.18. The molecule has 0 N–H and O–H groups in total. The smallest absolute Gasteiger partial charge is 0.206 e. The van der Waals surface area contributed by atoms with Gasteiger partial charge in [-0.25, -0.2) is 18.3 Å². The molecule has 86 valence electrons. The number of hydrogen-bond acceptors (Lipinski definition) is 2. The van der Waals surface area contributed by atoms with Crippen LogP contribution in [-0.4, -0.2) is 14.6 Å². The average molecular weight is 246 g/mol. The minimum atomic E-state index is -2.68. The van der Waals surface area contributed by atoms with E-state index in [0.717, 1.165) is 11.1 Å². The monoisotopic (exact) mass is 245 g/mol. The second kappa shape index (κ2) is 3.97. The van der Waals surface area contributed by atoms with Crippen molar-refractivity contribution < 1.29 is 8.78 Å². The van der Waals surface area contributed by atoms with Gasteiger partial charge < -0.3 is 0 Å². The quantitative estimate of drug-likeness (QED) is 0.761. The van der Waals surface area contributed by atoms with Crippen LogP contribution in [0.15, 0.2) is 6.07 Å². The van der Waals surface area contributed by atoms with Crippen molar-refractivity contribution in [1.82, 2.24) is 14.6 Å². The van der Waals surface area contributed by atoms with Gasteiger partial charge in [-0.15, -0.1) is 5.10 Å². The van der Waals surface area contributed by atoms with Gasteiger partial charge in [0.1, 0.15) is 5.15 Å². The first-order valence-corrected chi connectivity index (χ1v) is 5.25. The van der Waals surface area contributed by atoms with Crippen LogP contribution in [0.2, 0.25) is 5.15 Å². The molecule has 0 spiro atoms. The summed E-state index contributed by atoms with van der Waals surface area (Å²) >= 11 is 5.99. The van der Waals surface area contributed by atoms with Crippen LogP contribution < -0.4 is 0 Å². The van der Waals surface area contributed by atoms with Crippen molar-refractivity contribution in [2.24, 2.45) is 0 Å². The molecule has 2 heterocycles. The van der Waals surface area contributed by atoms with E-state index in [1.165, 1.54) is 4.52 Å². The van der Waals surface area contributed by atoms with Crippen LogP contribution in [0, 0.1) is 6.92 Å². The lowest BCUT2D eigenvalue weighted by Gasteiger charge is -2.04. The van der Waals surface area contributed by atoms with Crippen molar-refractivity contribution in [3.63, 3.8) is 0 Å². The lowest BCUT2D eigenvalue weighted by atomic mass is 10.1. The summed E-state index contributed by atoms with van der Waals surface area (Å²) in [4.78, 5) is 3.80. The molecule has 2 rings (SSSR count). The fraction of sp³-hybridized carbons (Fsp3) is 0.400. The molecule has 0 aliphatic rings. The number of halogens is 3. The first-order valence-electron chi connectivity index (χ1n) is 4.87. The van der Waals surface area contributed by atoms with Gasteiger partial charge >= 0.3 is 0 Å². The van der Waals surface area contributed by atoms with Gasteiger partial charge in [-0.1, -0.05) is 18.5 Å². The molecule has 0 aliphatic heterocycles. The van der Waals surface area contributed by atoms with E-state index in [-0.39, 0.29) is 0 Å². The maximum atomic E-state index is 12.5. The molecule has 0 aromatic carbocycles. The van der Waals surface area contributed by atoms with E-state index in [4.69, 9.17) is 11.6 Å². The van der Waals surface area contributed by atoms with Crippen molar-refractivity contribution >= 4 is 17.2 Å². The average Bonchev–Trinajstić information content (AvgIpc) is 2.68. The second-order valence-electron chi connectivity index (χ2n) is 3.50. The standard InChI is InChI=1S/C10H10ClF2N3/c1-3-6-4-5(2)7(11)16-10(6)14-9(15-16)8(12)13/h4,8H,3H2,1-2H3. The Labute approximate surface area is 96.1 Å². The van der Waals surface area contributed by atoms with Crippen LogP contribution in [0.4, 0.5) is 8.78 Å². The fourth-order valence-electron chi connectivity index (χ4n) is 1.58. The Kier molecular flexibility index (Phi) is 2.80. The Morgan fingerprint density at radius 3 is 2.75 bits per heavy atom. The summed E-state index contributed by atoms with van der Waals surface area (Å²) in [5.41, 5.74) is 2.08. The number of aryl methyl sites for hydroxylation is 2. The summed E-state index contributed by atoms with van der Waals surface area (Å²) in [5.74, 6) is -0.484. The minimum Gasteiger partial charge on any atom is -0.206 e. The van der Waals surface area contributed by atoms with E-state index < -0.39 is 12.2 Å². The minimum absolute atomic E-state index is 0.326. The van der Waals surface area contributed by atoms with Gasteiger partial charge in [-0.05, 0) is 30.5 Å². The van der Waals surface area contributed by atoms with Crippen molar-refractivity contribution in [2.75, 3.05) is 0 Å². The molecule has 0 aliphatic carbocycles. The number of hydrogen-bond donors (Lipinski definition) is 0. The zero-order valence-corrected chi connectivity index (χ0v) is 9.59. The number of alkyl halides is 2. The van der Waals surface area contributed by atoms with E-state index in [1.54, 1.807) is 0 Å². The molecule has 2 aromatic rings. The fourth-order valence-corrected chi connectivity index (χ4v) is 1.75. The summed E-state index contributed by atoms with van der Waals surface area (Å²) in [7, 11) is 0. The van der Waals surface area contributed by atoms with Crippen LogP contribution in [0.1, 0.15) is 30.3 Å². The molecular weight excluding hydrogens is 236 g/mol. The molecule has 2 aromatic heterocycles. The highest BCUT2D eigenvalue weighted by atomic mass is 35.5. The Hall–Kier alpha value is -1.23. The molecule has 6 heteroatoms. The first-order chi connectivity index (χ1) is 7.54. The van der Waals surface area contributed by atoms with Gasteiger partial charge in [0.15, 0.2) is 5.65 Å². The molecule has 0 bridgehead atoms. The van der Waals surface area contributed by atoms with Crippen LogP contribution >= 0.6 is 11.6 Å². The number of aromatic nitrogens is 3. The molecule has 0 saturated heterocycles. The third-order valence-corrected chi connectivity index (χ3v) is 2.85. The molecule has 0 unspecified atom stereocenters. The maximum absolute atomic E-state index is 12.5. The zero-order chi connectivity index (χ0) is 11.9. The van der Waals surface area contributed by atoms with Gasteiger partial charge in [0.2, 0.25) is 5.82 Å². The van der Waals surface area contributed by atoms with E-state index >= 15 is 0 Å². The normalized spacial score (nSPS) is 11.6. The van der Waals surface area contributed by atoms with Crippen LogP contribution in [-0.2, 0) is 6.42 Å². The molecule has 0 radical (unpaired) electrons. The van der Waals surface area contributed by atoms with Crippen molar-refractivity contribution in [1.29, 1.82) is 0 Å². The molecule has 0 atom stereocenters. The highest BCUT2D eigenvalue weighted by Crippen LogP contribution is 2.23. The van der Waals surface area contributed by atoms with Crippen LogP contribution in [0.5, 0.6) is 0 Å². The number of nitrogens with zero attached hydrogens (tertiary/aromatic N) is 3. The second-order valence-corrected chi connectivity index (χ2v) is 3.86.